The molecule has 0 aliphatic heterocycles. The summed E-state index contributed by atoms with van der Waals surface area (Å²) in [6.07, 6.45) is -0.102. The van der Waals surface area contributed by atoms with Gasteiger partial charge in [0.15, 0.2) is 5.11 Å². The molecule has 10 heteroatoms. The summed E-state index contributed by atoms with van der Waals surface area (Å²) in [6, 6.07) is 20.5. The van der Waals surface area contributed by atoms with Gasteiger partial charge in [0.05, 0.1) is 16.6 Å². The van der Waals surface area contributed by atoms with E-state index in [-0.39, 0.29) is 22.7 Å². The molecule has 0 aliphatic carbocycles. The number of ether oxygens (including phenoxy) is 1. The highest BCUT2D eigenvalue weighted by atomic mass is 79.9. The Hall–Kier alpha value is -2.79. The molecule has 3 rings (SSSR count). The molecule has 3 aromatic carbocycles. The molecule has 0 bridgehead atoms. The van der Waals surface area contributed by atoms with E-state index in [0.29, 0.717) is 17.0 Å². The molecule has 0 radical (unpaired) electrons. The third-order valence-corrected chi connectivity index (χ3v) is 6.62. The van der Waals surface area contributed by atoms with E-state index in [0.717, 1.165) is 10.0 Å². The van der Waals surface area contributed by atoms with E-state index in [4.69, 9.17) is 17.0 Å². The molecule has 0 atom stereocenters. The van der Waals surface area contributed by atoms with Crippen LogP contribution in [0.25, 0.3) is 0 Å². The third-order valence-electron chi connectivity index (χ3n) is 4.51. The maximum atomic E-state index is 12.7. The van der Waals surface area contributed by atoms with Crippen LogP contribution in [0, 0.1) is 0 Å². The van der Waals surface area contributed by atoms with Gasteiger partial charge in [-0.25, -0.2) is 13.1 Å². The fraction of sp³-hybridized carbons (Fsp3) is 0.167. The van der Waals surface area contributed by atoms with Gasteiger partial charge >= 0.3 is 0 Å². The Labute approximate surface area is 213 Å². The largest absolute Gasteiger partial charge is 0.490 e. The van der Waals surface area contributed by atoms with E-state index in [1.54, 1.807) is 30.3 Å². The van der Waals surface area contributed by atoms with Gasteiger partial charge in [0, 0.05) is 16.7 Å². The molecule has 34 heavy (non-hydrogen) atoms. The molecule has 0 heterocycles. The van der Waals surface area contributed by atoms with Crippen molar-refractivity contribution in [2.24, 2.45) is 0 Å². The number of hydrogen-bond donors (Lipinski definition) is 3. The molecule has 7 nitrogen and oxygen atoms in total. The van der Waals surface area contributed by atoms with E-state index in [1.165, 1.54) is 12.1 Å². The summed E-state index contributed by atoms with van der Waals surface area (Å²) in [4.78, 5) is 12.9. The van der Waals surface area contributed by atoms with Gasteiger partial charge in [-0.15, -0.1) is 0 Å². The summed E-state index contributed by atoms with van der Waals surface area (Å²) < 4.78 is 34.1. The highest BCUT2D eigenvalue weighted by Gasteiger charge is 2.17. The molecule has 0 aromatic heterocycles. The first-order valence-electron chi connectivity index (χ1n) is 10.4. The van der Waals surface area contributed by atoms with Crippen LogP contribution in [-0.2, 0) is 16.6 Å². The normalized spacial score (nSPS) is 11.2. The number of sulfonamides is 1. The Morgan fingerprint density at radius 3 is 2.35 bits per heavy atom. The van der Waals surface area contributed by atoms with Gasteiger partial charge in [-0.2, -0.15) is 0 Å². The maximum absolute atomic E-state index is 12.7. The fourth-order valence-electron chi connectivity index (χ4n) is 2.94. The van der Waals surface area contributed by atoms with E-state index >= 15 is 0 Å². The van der Waals surface area contributed by atoms with Gasteiger partial charge in [0.25, 0.3) is 5.91 Å². The Kier molecular flexibility index (Phi) is 8.78. The van der Waals surface area contributed by atoms with E-state index in [1.807, 2.05) is 44.2 Å². The van der Waals surface area contributed by atoms with Crippen molar-refractivity contribution in [2.45, 2.75) is 31.4 Å². The summed E-state index contributed by atoms with van der Waals surface area (Å²) in [5, 5.41) is 5.57. The molecule has 0 saturated heterocycles. The summed E-state index contributed by atoms with van der Waals surface area (Å²) >= 11 is 8.61. The lowest BCUT2D eigenvalue weighted by atomic mass is 10.2. The molecular formula is C24H24BrN3O4S2. The van der Waals surface area contributed by atoms with Crippen molar-refractivity contribution < 1.29 is 17.9 Å². The van der Waals surface area contributed by atoms with Gasteiger partial charge in [-0.1, -0.05) is 46.3 Å². The van der Waals surface area contributed by atoms with Crippen LogP contribution in [0.2, 0.25) is 0 Å². The van der Waals surface area contributed by atoms with Crippen LogP contribution in [0.1, 0.15) is 29.8 Å². The number of hydrogen-bond acceptors (Lipinski definition) is 5. The molecule has 3 aromatic rings. The van der Waals surface area contributed by atoms with Gasteiger partial charge < -0.3 is 10.1 Å². The van der Waals surface area contributed by atoms with Gasteiger partial charge in [-0.05, 0) is 74.1 Å². The zero-order valence-electron chi connectivity index (χ0n) is 18.5. The number of thiocarbonyl (C=S) groups is 1. The second-order valence-electron chi connectivity index (χ2n) is 7.55. The lowest BCUT2D eigenvalue weighted by Gasteiger charge is -2.15. The van der Waals surface area contributed by atoms with Crippen LogP contribution in [0.4, 0.5) is 5.69 Å². The molecule has 0 fully saturated rings. The molecular weight excluding hydrogens is 538 g/mol. The predicted molar refractivity (Wildman–Crippen MR) is 141 cm³/mol. The second kappa shape index (κ2) is 11.6. The Bertz CT molecular complexity index is 1270. The van der Waals surface area contributed by atoms with Crippen LogP contribution < -0.4 is 20.1 Å². The van der Waals surface area contributed by atoms with E-state index in [2.05, 4.69) is 31.3 Å². The fourth-order valence-corrected chi connectivity index (χ4v) is 4.53. The van der Waals surface area contributed by atoms with Crippen molar-refractivity contribution in [3.63, 3.8) is 0 Å². The van der Waals surface area contributed by atoms with Crippen LogP contribution in [0.3, 0.4) is 0 Å². The van der Waals surface area contributed by atoms with Gasteiger partial charge in [0.1, 0.15) is 5.75 Å². The number of carbonyl (C=O) groups is 1. The minimum absolute atomic E-state index is 0.0679. The molecule has 0 spiro atoms. The highest BCUT2D eigenvalue weighted by Crippen LogP contribution is 2.24. The first kappa shape index (κ1) is 25.8. The van der Waals surface area contributed by atoms with Crippen molar-refractivity contribution in [3.8, 4) is 5.75 Å². The topological polar surface area (TPSA) is 96.5 Å². The summed E-state index contributed by atoms with van der Waals surface area (Å²) in [5.41, 5.74) is 1.72. The number of halogens is 1. The lowest BCUT2D eigenvalue weighted by molar-refractivity contribution is 0.0972. The van der Waals surface area contributed by atoms with Crippen molar-refractivity contribution in [1.82, 2.24) is 10.0 Å². The quantitative estimate of drug-likeness (QED) is 0.340. The van der Waals surface area contributed by atoms with E-state index in [9.17, 15) is 13.2 Å². The number of rotatable bonds is 8. The van der Waals surface area contributed by atoms with Crippen molar-refractivity contribution >= 4 is 54.9 Å². The standard InChI is InChI=1S/C24H24BrN3O4S2/c1-16(2)32-22-13-8-18(25)14-21(22)23(29)28-24(33)27-19-9-11-20(12-10-19)34(30,31)26-15-17-6-4-3-5-7-17/h3-14,16,26H,15H2,1-2H3,(H2,27,28,29,33). The van der Waals surface area contributed by atoms with Gasteiger partial charge in [0.2, 0.25) is 10.0 Å². The zero-order valence-corrected chi connectivity index (χ0v) is 21.8. The average Bonchev–Trinajstić information content (AvgIpc) is 2.79. The average molecular weight is 563 g/mol. The number of carbonyl (C=O) groups excluding carboxylic acids is 1. The maximum Gasteiger partial charge on any atom is 0.261 e. The first-order chi connectivity index (χ1) is 16.1. The SMILES string of the molecule is CC(C)Oc1ccc(Br)cc1C(=O)NC(=S)Nc1ccc(S(=O)(=O)NCc2ccccc2)cc1. The molecule has 0 aliphatic rings. The highest BCUT2D eigenvalue weighted by molar-refractivity contribution is 9.10. The monoisotopic (exact) mass is 561 g/mol. The number of anilines is 1. The smallest absolute Gasteiger partial charge is 0.261 e. The number of amides is 1. The van der Waals surface area contributed by atoms with Crippen LogP contribution >= 0.6 is 28.1 Å². The number of nitrogens with one attached hydrogen (secondary N) is 3. The van der Waals surface area contributed by atoms with Crippen molar-refractivity contribution in [3.05, 3.63) is 88.4 Å². The molecule has 1 amide bonds. The van der Waals surface area contributed by atoms with Crippen LogP contribution in [-0.4, -0.2) is 25.5 Å². The Morgan fingerprint density at radius 2 is 1.71 bits per heavy atom. The number of benzene rings is 3. The molecule has 0 saturated carbocycles. The first-order valence-corrected chi connectivity index (χ1v) is 13.0. The van der Waals surface area contributed by atoms with Crippen LogP contribution in [0.5, 0.6) is 5.75 Å². The zero-order chi connectivity index (χ0) is 24.7. The Balaban J connectivity index is 1.62. The third kappa shape index (κ3) is 7.36. The minimum Gasteiger partial charge on any atom is -0.490 e. The van der Waals surface area contributed by atoms with Crippen LogP contribution in [0.15, 0.2) is 82.2 Å². The summed E-state index contributed by atoms with van der Waals surface area (Å²) in [5.74, 6) is 0.00909. The molecule has 178 valence electrons. The van der Waals surface area contributed by atoms with Crippen molar-refractivity contribution in [2.75, 3.05) is 5.32 Å². The minimum atomic E-state index is -3.68. The molecule has 3 N–H and O–H groups in total. The molecule has 0 unspecified atom stereocenters. The predicted octanol–water partition coefficient (Wildman–Crippen LogP) is 4.84. The summed E-state index contributed by atoms with van der Waals surface area (Å²) in [6.45, 7) is 3.94. The van der Waals surface area contributed by atoms with Crippen molar-refractivity contribution in [1.29, 1.82) is 0 Å². The van der Waals surface area contributed by atoms with E-state index < -0.39 is 15.9 Å². The lowest BCUT2D eigenvalue weighted by Crippen LogP contribution is -2.34. The summed E-state index contributed by atoms with van der Waals surface area (Å²) in [7, 11) is -3.68. The second-order valence-corrected chi connectivity index (χ2v) is 10.6. The van der Waals surface area contributed by atoms with Gasteiger partial charge in [-0.3, -0.25) is 10.1 Å². The Morgan fingerprint density at radius 1 is 1.03 bits per heavy atom.